The van der Waals surface area contributed by atoms with E-state index in [1.54, 1.807) is 0 Å². The van der Waals surface area contributed by atoms with Crippen LogP contribution in [0.25, 0.3) is 10.8 Å². The molecule has 1 heterocycles. The van der Waals surface area contributed by atoms with E-state index in [2.05, 4.69) is 48.5 Å². The largest absolute Gasteiger partial charge is 0.313 e. The van der Waals surface area contributed by atoms with Crippen molar-refractivity contribution in [3.05, 3.63) is 42.2 Å². The van der Waals surface area contributed by atoms with Crippen molar-refractivity contribution in [1.82, 2.24) is 10.3 Å². The third-order valence-electron chi connectivity index (χ3n) is 5.01. The van der Waals surface area contributed by atoms with Crippen LogP contribution >= 0.6 is 0 Å². The van der Waals surface area contributed by atoms with E-state index in [1.165, 1.54) is 48.4 Å². The lowest BCUT2D eigenvalue weighted by Crippen LogP contribution is -2.36. The summed E-state index contributed by atoms with van der Waals surface area (Å²) in [5, 5.41) is 6.18. The Balaban J connectivity index is 2.07. The van der Waals surface area contributed by atoms with Crippen molar-refractivity contribution in [2.75, 3.05) is 7.05 Å². The predicted molar refractivity (Wildman–Crippen MR) is 84.7 cm³/mol. The first-order chi connectivity index (χ1) is 9.74. The first-order valence-corrected chi connectivity index (χ1v) is 7.74. The molecule has 1 aliphatic carbocycles. The van der Waals surface area contributed by atoms with Gasteiger partial charge < -0.3 is 5.32 Å². The van der Waals surface area contributed by atoms with Gasteiger partial charge in [-0.05, 0) is 42.3 Å². The maximum Gasteiger partial charge on any atom is 0.0378 e. The molecule has 0 saturated heterocycles. The van der Waals surface area contributed by atoms with Gasteiger partial charge in [0.15, 0.2) is 0 Å². The van der Waals surface area contributed by atoms with Gasteiger partial charge in [0, 0.05) is 23.8 Å². The highest BCUT2D eigenvalue weighted by atomic mass is 14.9. The van der Waals surface area contributed by atoms with Crippen molar-refractivity contribution in [3.8, 4) is 0 Å². The van der Waals surface area contributed by atoms with Crippen LogP contribution in [0.4, 0.5) is 0 Å². The zero-order valence-corrected chi connectivity index (χ0v) is 12.5. The third-order valence-corrected chi connectivity index (χ3v) is 5.01. The minimum Gasteiger partial charge on any atom is -0.313 e. The number of rotatable bonds is 3. The maximum absolute atomic E-state index is 4.25. The van der Waals surface area contributed by atoms with Crippen LogP contribution in [0.5, 0.6) is 0 Å². The molecule has 2 nitrogen and oxygen atoms in total. The number of fused-ring (bicyclic) bond motifs is 1. The molecule has 1 atom stereocenters. The monoisotopic (exact) mass is 268 g/mol. The van der Waals surface area contributed by atoms with E-state index in [0.717, 1.165) is 0 Å². The fourth-order valence-corrected chi connectivity index (χ4v) is 3.93. The number of hydrogen-bond acceptors (Lipinski definition) is 2. The van der Waals surface area contributed by atoms with Crippen molar-refractivity contribution in [2.45, 2.75) is 45.1 Å². The van der Waals surface area contributed by atoms with Gasteiger partial charge in [-0.15, -0.1) is 0 Å². The number of pyridine rings is 1. The minimum absolute atomic E-state index is 0.366. The van der Waals surface area contributed by atoms with Gasteiger partial charge in [0.2, 0.25) is 0 Å². The molecule has 1 fully saturated rings. The van der Waals surface area contributed by atoms with Crippen LogP contribution in [-0.4, -0.2) is 12.0 Å². The van der Waals surface area contributed by atoms with Crippen LogP contribution < -0.4 is 5.32 Å². The summed E-state index contributed by atoms with van der Waals surface area (Å²) < 4.78 is 0. The Morgan fingerprint density at radius 1 is 1.15 bits per heavy atom. The molecule has 0 amide bonds. The zero-order chi connectivity index (χ0) is 14.0. The summed E-state index contributed by atoms with van der Waals surface area (Å²) in [7, 11) is 2.10. The number of benzene rings is 1. The van der Waals surface area contributed by atoms with Gasteiger partial charge in [-0.3, -0.25) is 4.98 Å². The Bertz CT molecular complexity index is 579. The maximum atomic E-state index is 4.25. The number of nitrogens with one attached hydrogen (secondary N) is 1. The smallest absolute Gasteiger partial charge is 0.0378 e. The first kappa shape index (κ1) is 13.6. The van der Waals surface area contributed by atoms with Gasteiger partial charge in [-0.25, -0.2) is 0 Å². The van der Waals surface area contributed by atoms with E-state index in [4.69, 9.17) is 0 Å². The molecule has 0 spiro atoms. The van der Waals surface area contributed by atoms with Gasteiger partial charge in [0.25, 0.3) is 0 Å². The van der Waals surface area contributed by atoms with E-state index >= 15 is 0 Å². The van der Waals surface area contributed by atoms with Crippen molar-refractivity contribution in [3.63, 3.8) is 0 Å². The Morgan fingerprint density at radius 2 is 1.95 bits per heavy atom. The van der Waals surface area contributed by atoms with Gasteiger partial charge in [0.1, 0.15) is 0 Å². The Hall–Kier alpha value is -1.41. The highest BCUT2D eigenvalue weighted by Crippen LogP contribution is 2.46. The molecule has 0 aliphatic heterocycles. The molecule has 0 radical (unpaired) electrons. The molecule has 0 bridgehead atoms. The SMILES string of the molecule is CNC(c1cccc2cnccc12)C1(C)CCCCC1. The highest BCUT2D eigenvalue weighted by molar-refractivity contribution is 5.85. The molecule has 1 aliphatic rings. The second-order valence-electron chi connectivity index (χ2n) is 6.38. The number of nitrogens with zero attached hydrogens (tertiary/aromatic N) is 1. The van der Waals surface area contributed by atoms with E-state index in [-0.39, 0.29) is 0 Å². The number of hydrogen-bond donors (Lipinski definition) is 1. The number of aromatic nitrogens is 1. The van der Waals surface area contributed by atoms with Gasteiger partial charge in [-0.2, -0.15) is 0 Å². The summed E-state index contributed by atoms with van der Waals surface area (Å²) in [5.41, 5.74) is 1.79. The lowest BCUT2D eigenvalue weighted by atomic mass is 9.68. The van der Waals surface area contributed by atoms with Gasteiger partial charge in [-0.1, -0.05) is 44.4 Å². The van der Waals surface area contributed by atoms with E-state index in [9.17, 15) is 0 Å². The summed E-state index contributed by atoms with van der Waals surface area (Å²) in [4.78, 5) is 4.25. The van der Waals surface area contributed by atoms with Crippen LogP contribution in [0.15, 0.2) is 36.7 Å². The van der Waals surface area contributed by atoms with Crippen molar-refractivity contribution < 1.29 is 0 Å². The summed E-state index contributed by atoms with van der Waals surface area (Å²) >= 11 is 0. The second kappa shape index (κ2) is 5.53. The lowest BCUT2D eigenvalue weighted by molar-refractivity contribution is 0.151. The standard InChI is InChI=1S/C18H24N2/c1-18(10-4-3-5-11-18)17(19-2)16-8-6-7-14-13-20-12-9-15(14)16/h6-9,12-13,17,19H,3-5,10-11H2,1-2H3. The predicted octanol–water partition coefficient (Wildman–Crippen LogP) is 4.47. The minimum atomic E-state index is 0.366. The van der Waals surface area contributed by atoms with Crippen molar-refractivity contribution in [1.29, 1.82) is 0 Å². The molecule has 1 saturated carbocycles. The molecule has 2 aromatic rings. The molecule has 1 aromatic carbocycles. The molecule has 106 valence electrons. The second-order valence-corrected chi connectivity index (χ2v) is 6.38. The Labute approximate surface area is 121 Å². The van der Waals surface area contributed by atoms with E-state index in [0.29, 0.717) is 11.5 Å². The zero-order valence-electron chi connectivity index (χ0n) is 12.5. The summed E-state index contributed by atoms with van der Waals surface area (Å²) in [5.74, 6) is 0. The molecular formula is C18H24N2. The molecular weight excluding hydrogens is 244 g/mol. The molecule has 20 heavy (non-hydrogen) atoms. The van der Waals surface area contributed by atoms with Crippen LogP contribution in [0.2, 0.25) is 0 Å². The van der Waals surface area contributed by atoms with Crippen LogP contribution in [0, 0.1) is 5.41 Å². The summed E-state index contributed by atoms with van der Waals surface area (Å²) in [6.07, 6.45) is 10.6. The molecule has 1 N–H and O–H groups in total. The Morgan fingerprint density at radius 3 is 2.70 bits per heavy atom. The fraction of sp³-hybridized carbons (Fsp3) is 0.500. The van der Waals surface area contributed by atoms with Crippen molar-refractivity contribution >= 4 is 10.8 Å². The van der Waals surface area contributed by atoms with Crippen LogP contribution in [-0.2, 0) is 0 Å². The van der Waals surface area contributed by atoms with Crippen molar-refractivity contribution in [2.24, 2.45) is 5.41 Å². The lowest BCUT2D eigenvalue weighted by Gasteiger charge is -2.41. The first-order valence-electron chi connectivity index (χ1n) is 7.74. The average molecular weight is 268 g/mol. The van der Waals surface area contributed by atoms with E-state index in [1.807, 2.05) is 12.4 Å². The summed E-state index contributed by atoms with van der Waals surface area (Å²) in [6.45, 7) is 2.45. The molecule has 1 unspecified atom stereocenters. The normalized spacial score (nSPS) is 19.9. The third kappa shape index (κ3) is 2.33. The summed E-state index contributed by atoms with van der Waals surface area (Å²) in [6, 6.07) is 9.18. The fourth-order valence-electron chi connectivity index (χ4n) is 3.93. The Kier molecular flexibility index (Phi) is 3.75. The molecule has 3 rings (SSSR count). The quantitative estimate of drug-likeness (QED) is 0.888. The molecule has 1 aromatic heterocycles. The van der Waals surface area contributed by atoms with Crippen LogP contribution in [0.1, 0.15) is 50.6 Å². The van der Waals surface area contributed by atoms with Gasteiger partial charge in [0.05, 0.1) is 0 Å². The highest BCUT2D eigenvalue weighted by Gasteiger charge is 2.36. The van der Waals surface area contributed by atoms with Gasteiger partial charge >= 0.3 is 0 Å². The van der Waals surface area contributed by atoms with Crippen LogP contribution in [0.3, 0.4) is 0 Å². The topological polar surface area (TPSA) is 24.9 Å². The average Bonchev–Trinajstić information content (AvgIpc) is 2.49. The van der Waals surface area contributed by atoms with E-state index < -0.39 is 0 Å². The molecule has 2 heteroatoms.